The van der Waals surface area contributed by atoms with Gasteiger partial charge < -0.3 is 5.32 Å². The molecule has 0 amide bonds. The number of fused-ring (bicyclic) bond motifs is 1. The molecule has 20 heavy (non-hydrogen) atoms. The Labute approximate surface area is 121 Å². The lowest BCUT2D eigenvalue weighted by molar-refractivity contribution is 0.554. The number of benzene rings is 1. The fraction of sp³-hybridized carbons (Fsp3) is 0.471. The number of nitrogens with zero attached hydrogens (tertiary/aromatic N) is 2. The van der Waals surface area contributed by atoms with E-state index in [2.05, 4.69) is 62.0 Å². The first-order valence-electron chi connectivity index (χ1n) is 7.46. The van der Waals surface area contributed by atoms with Gasteiger partial charge in [0, 0.05) is 17.5 Å². The van der Waals surface area contributed by atoms with Gasteiger partial charge in [0.25, 0.3) is 0 Å². The summed E-state index contributed by atoms with van der Waals surface area (Å²) in [5.41, 5.74) is 5.20. The Morgan fingerprint density at radius 3 is 2.50 bits per heavy atom. The van der Waals surface area contributed by atoms with Crippen molar-refractivity contribution in [2.45, 2.75) is 46.0 Å². The molecule has 3 rings (SSSR count). The lowest BCUT2D eigenvalue weighted by Crippen LogP contribution is -2.15. The Bertz CT molecular complexity index is 615. The third kappa shape index (κ3) is 2.11. The van der Waals surface area contributed by atoms with E-state index in [0.29, 0.717) is 0 Å². The predicted molar refractivity (Wildman–Crippen MR) is 83.8 cm³/mol. The fourth-order valence-corrected chi connectivity index (χ4v) is 2.84. The Balaban J connectivity index is 2.10. The van der Waals surface area contributed by atoms with Gasteiger partial charge in [-0.05, 0) is 30.5 Å². The second-order valence-electron chi connectivity index (χ2n) is 6.53. The molecule has 1 aliphatic rings. The molecule has 0 unspecified atom stereocenters. The summed E-state index contributed by atoms with van der Waals surface area (Å²) in [6.07, 6.45) is 2.15. The number of hydrogen-bond acceptors (Lipinski definition) is 2. The van der Waals surface area contributed by atoms with Gasteiger partial charge in [0.2, 0.25) is 0 Å². The minimum Gasteiger partial charge on any atom is -0.369 e. The maximum atomic E-state index is 4.88. The van der Waals surface area contributed by atoms with Gasteiger partial charge in [0.15, 0.2) is 0 Å². The Hall–Kier alpha value is -1.77. The molecule has 0 saturated carbocycles. The normalized spacial score (nSPS) is 14.2. The molecule has 0 atom stereocenters. The fourth-order valence-electron chi connectivity index (χ4n) is 2.84. The average molecular weight is 269 g/mol. The number of rotatable bonds is 2. The minimum absolute atomic E-state index is 0.0880. The van der Waals surface area contributed by atoms with E-state index >= 15 is 0 Å². The van der Waals surface area contributed by atoms with Gasteiger partial charge in [0.1, 0.15) is 5.82 Å². The molecule has 0 fully saturated rings. The van der Waals surface area contributed by atoms with E-state index in [0.717, 1.165) is 25.1 Å². The van der Waals surface area contributed by atoms with Crippen LogP contribution in [-0.2, 0) is 18.3 Å². The summed E-state index contributed by atoms with van der Waals surface area (Å²) in [5.74, 6) is 1.18. The van der Waals surface area contributed by atoms with Crippen LogP contribution in [0.4, 0.5) is 5.82 Å². The highest BCUT2D eigenvalue weighted by atomic mass is 15.3. The maximum absolute atomic E-state index is 4.88. The summed E-state index contributed by atoms with van der Waals surface area (Å²) in [7, 11) is 0. The van der Waals surface area contributed by atoms with E-state index in [4.69, 9.17) is 5.10 Å². The van der Waals surface area contributed by atoms with Crippen LogP contribution in [0, 0.1) is 0 Å². The molecule has 1 N–H and O–H groups in total. The van der Waals surface area contributed by atoms with Crippen molar-refractivity contribution in [3.8, 4) is 5.69 Å². The van der Waals surface area contributed by atoms with Gasteiger partial charge in [-0.15, -0.1) is 0 Å². The molecule has 1 aromatic heterocycles. The van der Waals surface area contributed by atoms with Crippen LogP contribution in [0.2, 0.25) is 0 Å². The molecule has 0 bridgehead atoms. The van der Waals surface area contributed by atoms with E-state index in [1.807, 2.05) is 0 Å². The first-order chi connectivity index (χ1) is 9.50. The van der Waals surface area contributed by atoms with Crippen LogP contribution >= 0.6 is 0 Å². The van der Waals surface area contributed by atoms with Crippen LogP contribution < -0.4 is 5.32 Å². The van der Waals surface area contributed by atoms with Crippen LogP contribution in [0.1, 0.15) is 44.5 Å². The zero-order chi connectivity index (χ0) is 14.3. The van der Waals surface area contributed by atoms with Crippen molar-refractivity contribution < 1.29 is 0 Å². The summed E-state index contributed by atoms with van der Waals surface area (Å²) >= 11 is 0. The molecule has 3 heteroatoms. The zero-order valence-corrected chi connectivity index (χ0v) is 12.8. The van der Waals surface area contributed by atoms with Crippen LogP contribution in [0.5, 0.6) is 0 Å². The molecule has 106 valence electrons. The SMILES string of the molecule is CCc1ccc(-n2nc(C(C)(C)C)c3c2NCC3)cc1. The molecule has 0 aliphatic carbocycles. The molecule has 0 spiro atoms. The second-order valence-corrected chi connectivity index (χ2v) is 6.53. The smallest absolute Gasteiger partial charge is 0.133 e. The molecular weight excluding hydrogens is 246 g/mol. The van der Waals surface area contributed by atoms with Crippen molar-refractivity contribution in [1.29, 1.82) is 0 Å². The number of aromatic nitrogens is 2. The van der Waals surface area contributed by atoms with Crippen LogP contribution in [-0.4, -0.2) is 16.3 Å². The summed E-state index contributed by atoms with van der Waals surface area (Å²) in [6, 6.07) is 8.71. The molecule has 0 radical (unpaired) electrons. The first-order valence-corrected chi connectivity index (χ1v) is 7.46. The third-order valence-corrected chi connectivity index (χ3v) is 3.95. The van der Waals surface area contributed by atoms with Gasteiger partial charge in [0.05, 0.1) is 11.4 Å². The minimum atomic E-state index is 0.0880. The van der Waals surface area contributed by atoms with E-state index in [1.54, 1.807) is 0 Å². The molecule has 2 aromatic rings. The summed E-state index contributed by atoms with van der Waals surface area (Å²) in [5, 5.41) is 8.37. The van der Waals surface area contributed by atoms with E-state index in [-0.39, 0.29) is 5.41 Å². The number of anilines is 1. The Morgan fingerprint density at radius 1 is 1.20 bits per heavy atom. The molecule has 2 heterocycles. The molecule has 1 aliphatic heterocycles. The Morgan fingerprint density at radius 2 is 1.90 bits per heavy atom. The highest BCUT2D eigenvalue weighted by molar-refractivity contribution is 5.58. The van der Waals surface area contributed by atoms with Gasteiger partial charge in [-0.3, -0.25) is 0 Å². The van der Waals surface area contributed by atoms with Gasteiger partial charge in [-0.1, -0.05) is 39.8 Å². The van der Waals surface area contributed by atoms with Crippen molar-refractivity contribution in [2.75, 3.05) is 11.9 Å². The summed E-state index contributed by atoms with van der Waals surface area (Å²) in [4.78, 5) is 0. The second kappa shape index (κ2) is 4.65. The molecular formula is C17H23N3. The summed E-state index contributed by atoms with van der Waals surface area (Å²) in [6.45, 7) is 9.90. The van der Waals surface area contributed by atoms with Crippen LogP contribution in [0.3, 0.4) is 0 Å². The van der Waals surface area contributed by atoms with Crippen molar-refractivity contribution in [2.24, 2.45) is 0 Å². The van der Waals surface area contributed by atoms with E-state index in [9.17, 15) is 0 Å². The third-order valence-electron chi connectivity index (χ3n) is 3.95. The number of aryl methyl sites for hydroxylation is 1. The van der Waals surface area contributed by atoms with E-state index < -0.39 is 0 Å². The zero-order valence-electron chi connectivity index (χ0n) is 12.8. The van der Waals surface area contributed by atoms with Crippen molar-refractivity contribution >= 4 is 5.82 Å². The van der Waals surface area contributed by atoms with E-state index in [1.165, 1.54) is 22.6 Å². The quantitative estimate of drug-likeness (QED) is 0.901. The lowest BCUT2D eigenvalue weighted by Gasteiger charge is -2.16. The highest BCUT2D eigenvalue weighted by Gasteiger charge is 2.29. The number of hydrogen-bond donors (Lipinski definition) is 1. The van der Waals surface area contributed by atoms with Crippen molar-refractivity contribution in [1.82, 2.24) is 9.78 Å². The monoisotopic (exact) mass is 269 g/mol. The highest BCUT2D eigenvalue weighted by Crippen LogP contribution is 2.34. The molecule has 1 aromatic carbocycles. The first kappa shape index (κ1) is 13.2. The molecule has 3 nitrogen and oxygen atoms in total. The Kier molecular flexibility index (Phi) is 3.08. The summed E-state index contributed by atoms with van der Waals surface area (Å²) < 4.78 is 2.07. The standard InChI is InChI=1S/C17H23N3/c1-5-12-6-8-13(9-7-12)20-16-14(10-11-18-16)15(19-20)17(2,3)4/h6-9,18H,5,10-11H2,1-4H3. The van der Waals surface area contributed by atoms with Gasteiger partial charge >= 0.3 is 0 Å². The van der Waals surface area contributed by atoms with Crippen molar-refractivity contribution in [3.63, 3.8) is 0 Å². The van der Waals surface area contributed by atoms with Crippen LogP contribution in [0.25, 0.3) is 5.69 Å². The largest absolute Gasteiger partial charge is 0.369 e. The van der Waals surface area contributed by atoms with Crippen molar-refractivity contribution in [3.05, 3.63) is 41.1 Å². The van der Waals surface area contributed by atoms with Gasteiger partial charge in [-0.2, -0.15) is 5.10 Å². The topological polar surface area (TPSA) is 29.9 Å². The average Bonchev–Trinajstić information content (AvgIpc) is 2.99. The number of nitrogens with one attached hydrogen (secondary N) is 1. The van der Waals surface area contributed by atoms with Gasteiger partial charge in [-0.25, -0.2) is 4.68 Å². The maximum Gasteiger partial charge on any atom is 0.133 e. The molecule has 0 saturated heterocycles. The lowest BCUT2D eigenvalue weighted by atomic mass is 9.89. The van der Waals surface area contributed by atoms with Crippen LogP contribution in [0.15, 0.2) is 24.3 Å². The predicted octanol–water partition coefficient (Wildman–Crippen LogP) is 3.70.